The van der Waals surface area contributed by atoms with Gasteiger partial charge in [0.25, 0.3) is 0 Å². The second-order valence-electron chi connectivity index (χ2n) is 7.41. The summed E-state index contributed by atoms with van der Waals surface area (Å²) in [5.41, 5.74) is 1.59. The molecule has 9 nitrogen and oxygen atoms in total. The number of hydrogen-bond acceptors (Lipinski definition) is 8. The van der Waals surface area contributed by atoms with E-state index in [-0.39, 0.29) is 27.7 Å². The van der Waals surface area contributed by atoms with Crippen LogP contribution in [-0.2, 0) is 14.9 Å². The zero-order valence-corrected chi connectivity index (χ0v) is 20.0. The molecule has 0 fully saturated rings. The molecule has 0 saturated heterocycles. The first-order chi connectivity index (χ1) is 16.2. The molecule has 1 heterocycles. The normalized spacial score (nSPS) is 11.4. The Labute approximate surface area is 196 Å². The largest absolute Gasteiger partial charge is 0.493 e. The summed E-state index contributed by atoms with van der Waals surface area (Å²) < 4.78 is 53.3. The van der Waals surface area contributed by atoms with Gasteiger partial charge in [-0.1, -0.05) is 17.7 Å². The fourth-order valence-corrected chi connectivity index (χ4v) is 4.78. The lowest BCUT2D eigenvalue weighted by molar-refractivity contribution is 0.0603. The van der Waals surface area contributed by atoms with Crippen LogP contribution < -0.4 is 18.4 Å². The molecule has 0 spiro atoms. The van der Waals surface area contributed by atoms with Gasteiger partial charge in [-0.15, -0.1) is 0 Å². The molecule has 0 atom stereocenters. The highest BCUT2D eigenvalue weighted by atomic mass is 32.2. The molecular weight excluding hydrogens is 462 g/mol. The quantitative estimate of drug-likeness (QED) is 0.306. The smallest absolute Gasteiger partial charge is 0.340 e. The summed E-state index contributed by atoms with van der Waals surface area (Å²) in [6, 6.07) is 9.38. The van der Waals surface area contributed by atoms with Gasteiger partial charge >= 0.3 is 16.1 Å². The van der Waals surface area contributed by atoms with Crippen molar-refractivity contribution in [2.75, 3.05) is 28.4 Å². The summed E-state index contributed by atoms with van der Waals surface area (Å²) in [5, 5.41) is 1.19. The Balaban J connectivity index is 2.08. The zero-order valence-electron chi connectivity index (χ0n) is 19.2. The van der Waals surface area contributed by atoms with Gasteiger partial charge in [0.05, 0.1) is 39.5 Å². The van der Waals surface area contributed by atoms with Crippen molar-refractivity contribution in [1.82, 2.24) is 4.98 Å². The molecule has 0 aliphatic rings. The Morgan fingerprint density at radius 2 is 1.53 bits per heavy atom. The van der Waals surface area contributed by atoms with Gasteiger partial charge in [-0.3, -0.25) is 0 Å². The van der Waals surface area contributed by atoms with Crippen LogP contribution in [0.1, 0.15) is 15.9 Å². The number of aromatic nitrogens is 1. The number of esters is 1. The molecule has 0 saturated carbocycles. The summed E-state index contributed by atoms with van der Waals surface area (Å²) in [6.45, 7) is 1.86. The predicted octanol–water partition coefficient (Wildman–Crippen LogP) is 4.21. The molecule has 0 unspecified atom stereocenters. The highest BCUT2D eigenvalue weighted by Gasteiger charge is 2.27. The van der Waals surface area contributed by atoms with Crippen LogP contribution in [0.25, 0.3) is 21.7 Å². The monoisotopic (exact) mass is 485 g/mol. The third-order valence-corrected chi connectivity index (χ3v) is 6.69. The SMILES string of the molecule is COC(=O)c1c[nH]c2cc(OS(=O)(=O)c3ccc(C)cc3)c3cc(OC)c(OC)c(OC)c3c12. The highest BCUT2D eigenvalue weighted by molar-refractivity contribution is 7.87. The number of rotatable bonds is 7. The number of aryl methyl sites for hydroxylation is 1. The number of nitrogens with one attached hydrogen (secondary N) is 1. The minimum absolute atomic E-state index is 0.000485. The number of ether oxygens (including phenoxy) is 4. The molecule has 0 bridgehead atoms. The number of carbonyl (C=O) groups excluding carboxylic acids is 1. The van der Waals surface area contributed by atoms with E-state index in [1.54, 1.807) is 18.2 Å². The fraction of sp³-hybridized carbons (Fsp3) is 0.208. The Hall–Kier alpha value is -3.92. The van der Waals surface area contributed by atoms with Crippen molar-refractivity contribution in [1.29, 1.82) is 0 Å². The third kappa shape index (κ3) is 3.75. The third-order valence-electron chi connectivity index (χ3n) is 5.45. The van der Waals surface area contributed by atoms with E-state index in [4.69, 9.17) is 23.1 Å². The molecular formula is C24H23NO8S. The molecule has 178 valence electrons. The molecule has 1 N–H and O–H groups in total. The minimum Gasteiger partial charge on any atom is -0.493 e. The molecule has 10 heteroatoms. The second kappa shape index (κ2) is 8.79. The molecule has 0 radical (unpaired) electrons. The van der Waals surface area contributed by atoms with Crippen LogP contribution in [0, 0.1) is 6.92 Å². The van der Waals surface area contributed by atoms with Gasteiger partial charge in [0.2, 0.25) is 5.75 Å². The Morgan fingerprint density at radius 3 is 2.12 bits per heavy atom. The van der Waals surface area contributed by atoms with Crippen molar-refractivity contribution in [2.45, 2.75) is 11.8 Å². The first kappa shape index (κ1) is 23.2. The number of fused-ring (bicyclic) bond motifs is 3. The van der Waals surface area contributed by atoms with Crippen molar-refractivity contribution in [2.24, 2.45) is 0 Å². The van der Waals surface area contributed by atoms with Gasteiger partial charge in [0.1, 0.15) is 4.90 Å². The molecule has 34 heavy (non-hydrogen) atoms. The van der Waals surface area contributed by atoms with Crippen LogP contribution in [0.5, 0.6) is 23.0 Å². The van der Waals surface area contributed by atoms with Crippen LogP contribution in [-0.4, -0.2) is 47.8 Å². The van der Waals surface area contributed by atoms with E-state index >= 15 is 0 Å². The maximum atomic E-state index is 13.1. The number of carbonyl (C=O) groups is 1. The Morgan fingerprint density at radius 1 is 0.853 bits per heavy atom. The number of methoxy groups -OCH3 is 4. The van der Waals surface area contributed by atoms with Gasteiger partial charge in [-0.25, -0.2) is 4.79 Å². The van der Waals surface area contributed by atoms with Gasteiger partial charge in [-0.2, -0.15) is 8.42 Å². The summed E-state index contributed by atoms with van der Waals surface area (Å²) >= 11 is 0. The second-order valence-corrected chi connectivity index (χ2v) is 8.96. The molecule has 0 amide bonds. The zero-order chi connectivity index (χ0) is 24.6. The first-order valence-electron chi connectivity index (χ1n) is 10.1. The maximum Gasteiger partial charge on any atom is 0.340 e. The van der Waals surface area contributed by atoms with E-state index < -0.39 is 16.1 Å². The van der Waals surface area contributed by atoms with E-state index in [9.17, 15) is 13.2 Å². The number of benzene rings is 3. The van der Waals surface area contributed by atoms with Crippen LogP contribution in [0.3, 0.4) is 0 Å². The van der Waals surface area contributed by atoms with Gasteiger partial charge < -0.3 is 28.1 Å². The Bertz CT molecular complexity index is 1500. The lowest BCUT2D eigenvalue weighted by atomic mass is 10.0. The molecule has 4 aromatic rings. The van der Waals surface area contributed by atoms with Crippen LogP contribution >= 0.6 is 0 Å². The van der Waals surface area contributed by atoms with E-state index in [2.05, 4.69) is 4.98 Å². The van der Waals surface area contributed by atoms with Crippen molar-refractivity contribution in [3.63, 3.8) is 0 Å². The van der Waals surface area contributed by atoms with Crippen molar-refractivity contribution in [3.05, 3.63) is 53.7 Å². The first-order valence-corrected chi connectivity index (χ1v) is 11.5. The van der Waals surface area contributed by atoms with Crippen LogP contribution in [0.15, 0.2) is 47.5 Å². The fourth-order valence-electron chi connectivity index (χ4n) is 3.84. The molecule has 4 rings (SSSR count). The standard InChI is InChI=1S/C24H23NO8S/c1-13-6-8-14(9-7-13)34(27,28)33-18-11-17-20(16(12-25-17)24(26)32-5)21-15(18)10-19(29-2)22(30-3)23(21)31-4/h6-12,25H,1-5H3. The number of H-pyrrole nitrogens is 1. The predicted molar refractivity (Wildman–Crippen MR) is 126 cm³/mol. The van der Waals surface area contributed by atoms with Crippen LogP contribution in [0.4, 0.5) is 0 Å². The van der Waals surface area contributed by atoms with E-state index in [0.29, 0.717) is 27.4 Å². The molecule has 0 aliphatic heterocycles. The van der Waals surface area contributed by atoms with Gasteiger partial charge in [-0.05, 0) is 25.1 Å². The molecule has 3 aromatic carbocycles. The average Bonchev–Trinajstić information content (AvgIpc) is 3.25. The molecule has 1 aromatic heterocycles. The minimum atomic E-state index is -4.18. The van der Waals surface area contributed by atoms with E-state index in [1.165, 1.54) is 52.8 Å². The van der Waals surface area contributed by atoms with Gasteiger partial charge in [0, 0.05) is 28.4 Å². The van der Waals surface area contributed by atoms with E-state index in [0.717, 1.165) is 5.56 Å². The van der Waals surface area contributed by atoms with Crippen molar-refractivity contribution < 1.29 is 36.3 Å². The van der Waals surface area contributed by atoms with Crippen molar-refractivity contribution >= 4 is 37.8 Å². The summed E-state index contributed by atoms with van der Waals surface area (Å²) in [4.78, 5) is 15.5. The maximum absolute atomic E-state index is 13.1. The van der Waals surface area contributed by atoms with Crippen molar-refractivity contribution in [3.8, 4) is 23.0 Å². The number of hydrogen-bond donors (Lipinski definition) is 1. The topological polar surface area (TPSA) is 113 Å². The lowest BCUT2D eigenvalue weighted by Gasteiger charge is -2.18. The number of aromatic amines is 1. The van der Waals surface area contributed by atoms with Gasteiger partial charge in [0.15, 0.2) is 17.2 Å². The van der Waals surface area contributed by atoms with E-state index in [1.807, 2.05) is 6.92 Å². The summed E-state index contributed by atoms with van der Waals surface area (Å²) in [5.74, 6) is 0.240. The average molecular weight is 486 g/mol. The highest BCUT2D eigenvalue weighted by Crippen LogP contribution is 2.49. The van der Waals surface area contributed by atoms with Crippen LogP contribution in [0.2, 0.25) is 0 Å². The summed E-state index contributed by atoms with van der Waals surface area (Å²) in [6.07, 6.45) is 1.48. The lowest BCUT2D eigenvalue weighted by Crippen LogP contribution is -2.10. The molecule has 0 aliphatic carbocycles. The Kier molecular flexibility index (Phi) is 6.01. The summed E-state index contributed by atoms with van der Waals surface area (Å²) in [7, 11) is 1.42.